The molecule has 5 nitrogen and oxygen atoms in total. The van der Waals surface area contributed by atoms with Gasteiger partial charge in [-0.05, 0) is 43.0 Å². The van der Waals surface area contributed by atoms with Gasteiger partial charge in [0, 0.05) is 10.4 Å². The van der Waals surface area contributed by atoms with Gasteiger partial charge in [-0.25, -0.2) is 4.98 Å². The molecule has 0 aliphatic heterocycles. The second-order valence-corrected chi connectivity index (χ2v) is 8.38. The number of methoxy groups -OCH3 is 1. The SMILES string of the molecule is C=CSC(=C)Nc1ccccc1OC.CC.CCc1sc(NC(=O)c2ccccc2)nc1C. The van der Waals surface area contributed by atoms with Gasteiger partial charge < -0.3 is 10.1 Å². The minimum absolute atomic E-state index is 0.109. The van der Waals surface area contributed by atoms with Crippen molar-refractivity contribution in [3.63, 3.8) is 0 Å². The van der Waals surface area contributed by atoms with E-state index in [2.05, 4.69) is 35.7 Å². The first-order chi connectivity index (χ1) is 16.0. The lowest BCUT2D eigenvalue weighted by molar-refractivity contribution is 0.102. The van der Waals surface area contributed by atoms with Crippen LogP contribution in [0.5, 0.6) is 5.75 Å². The number of nitrogens with one attached hydrogen (secondary N) is 2. The molecule has 0 spiro atoms. The number of nitrogens with zero attached hydrogens (tertiary/aromatic N) is 1. The Morgan fingerprint density at radius 2 is 1.76 bits per heavy atom. The summed E-state index contributed by atoms with van der Waals surface area (Å²) in [6, 6.07) is 16.9. The van der Waals surface area contributed by atoms with Gasteiger partial charge in [0.05, 0.1) is 23.5 Å². The number of ether oxygens (including phenoxy) is 1. The first-order valence-electron chi connectivity index (χ1n) is 10.7. The van der Waals surface area contributed by atoms with Crippen LogP contribution in [0.25, 0.3) is 0 Å². The summed E-state index contributed by atoms with van der Waals surface area (Å²) in [6.07, 6.45) is 0.949. The maximum atomic E-state index is 11.9. The molecule has 0 saturated heterocycles. The summed E-state index contributed by atoms with van der Waals surface area (Å²) < 4.78 is 5.19. The lowest BCUT2D eigenvalue weighted by Crippen LogP contribution is -2.11. The number of thiazole rings is 1. The molecular formula is C26H33N3O2S2. The Bertz CT molecular complexity index is 1020. The predicted molar refractivity (Wildman–Crippen MR) is 146 cm³/mol. The normalized spacial score (nSPS) is 9.36. The highest BCUT2D eigenvalue weighted by atomic mass is 32.2. The van der Waals surface area contributed by atoms with Crippen molar-refractivity contribution in [3.05, 3.63) is 94.3 Å². The predicted octanol–water partition coefficient (Wildman–Crippen LogP) is 7.75. The summed E-state index contributed by atoms with van der Waals surface area (Å²) in [5.41, 5.74) is 2.56. The summed E-state index contributed by atoms with van der Waals surface area (Å²) in [7, 11) is 1.64. The molecule has 0 atom stereocenters. The summed E-state index contributed by atoms with van der Waals surface area (Å²) in [5, 5.41) is 9.18. The molecular weight excluding hydrogens is 450 g/mol. The van der Waals surface area contributed by atoms with Crippen molar-refractivity contribution in [2.45, 2.75) is 34.1 Å². The molecule has 2 aromatic carbocycles. The minimum Gasteiger partial charge on any atom is -0.495 e. The minimum atomic E-state index is -0.109. The van der Waals surface area contributed by atoms with Gasteiger partial charge in [0.15, 0.2) is 5.13 Å². The molecule has 0 saturated carbocycles. The average molecular weight is 484 g/mol. The van der Waals surface area contributed by atoms with Crippen LogP contribution in [0.2, 0.25) is 0 Å². The zero-order chi connectivity index (χ0) is 24.6. The van der Waals surface area contributed by atoms with E-state index in [1.54, 1.807) is 24.7 Å². The quantitative estimate of drug-likeness (QED) is 0.343. The van der Waals surface area contributed by atoms with E-state index in [9.17, 15) is 4.79 Å². The van der Waals surface area contributed by atoms with Crippen molar-refractivity contribution in [3.8, 4) is 5.75 Å². The summed E-state index contributed by atoms with van der Waals surface area (Å²) in [6.45, 7) is 15.5. The van der Waals surface area contributed by atoms with Crippen LogP contribution in [-0.2, 0) is 6.42 Å². The first-order valence-corrected chi connectivity index (χ1v) is 12.4. The molecule has 3 aromatic rings. The van der Waals surface area contributed by atoms with Gasteiger partial charge in [-0.15, -0.1) is 11.3 Å². The Hall–Kier alpha value is -3.03. The highest BCUT2D eigenvalue weighted by Gasteiger charge is 2.10. The zero-order valence-corrected chi connectivity index (χ0v) is 21.6. The number of thioether (sulfide) groups is 1. The number of anilines is 2. The van der Waals surface area contributed by atoms with Crippen LogP contribution in [-0.4, -0.2) is 18.0 Å². The van der Waals surface area contributed by atoms with E-state index < -0.39 is 0 Å². The maximum Gasteiger partial charge on any atom is 0.257 e. The maximum absolute atomic E-state index is 11.9. The molecule has 0 fully saturated rings. The first kappa shape index (κ1) is 28.0. The van der Waals surface area contributed by atoms with E-state index in [1.807, 2.05) is 63.2 Å². The number of aryl methyl sites for hydroxylation is 2. The molecule has 1 amide bonds. The van der Waals surface area contributed by atoms with E-state index in [-0.39, 0.29) is 5.91 Å². The van der Waals surface area contributed by atoms with E-state index in [1.165, 1.54) is 28.0 Å². The Morgan fingerprint density at radius 3 is 2.33 bits per heavy atom. The molecule has 176 valence electrons. The lowest BCUT2D eigenvalue weighted by Gasteiger charge is -2.10. The molecule has 3 rings (SSSR count). The van der Waals surface area contributed by atoms with Crippen LogP contribution >= 0.6 is 23.1 Å². The molecule has 0 radical (unpaired) electrons. The molecule has 0 aliphatic carbocycles. The Kier molecular flexibility index (Phi) is 13.3. The second kappa shape index (κ2) is 15.7. The van der Waals surface area contributed by atoms with Crippen molar-refractivity contribution < 1.29 is 9.53 Å². The monoisotopic (exact) mass is 483 g/mol. The Balaban J connectivity index is 0.000000313. The third-order valence-corrected chi connectivity index (χ3v) is 5.85. The molecule has 0 unspecified atom stereocenters. The van der Waals surface area contributed by atoms with Gasteiger partial charge in [-0.2, -0.15) is 0 Å². The third-order valence-electron chi connectivity index (χ3n) is 4.08. The highest BCUT2D eigenvalue weighted by Crippen LogP contribution is 2.27. The largest absolute Gasteiger partial charge is 0.495 e. The number of hydrogen-bond acceptors (Lipinski definition) is 6. The van der Waals surface area contributed by atoms with Gasteiger partial charge in [0.25, 0.3) is 5.91 Å². The average Bonchev–Trinajstić information content (AvgIpc) is 3.20. The number of amides is 1. The number of carbonyl (C=O) groups is 1. The highest BCUT2D eigenvalue weighted by molar-refractivity contribution is 8.05. The van der Waals surface area contributed by atoms with Crippen molar-refractivity contribution in [1.29, 1.82) is 0 Å². The lowest BCUT2D eigenvalue weighted by atomic mass is 10.2. The van der Waals surface area contributed by atoms with Crippen LogP contribution in [0.4, 0.5) is 10.8 Å². The number of para-hydroxylation sites is 2. The van der Waals surface area contributed by atoms with E-state index in [4.69, 9.17) is 4.74 Å². The van der Waals surface area contributed by atoms with Crippen molar-refractivity contribution in [2.75, 3.05) is 17.7 Å². The number of hydrogen-bond donors (Lipinski definition) is 2. The number of rotatable bonds is 8. The van der Waals surface area contributed by atoms with Gasteiger partial charge in [-0.1, -0.05) is 76.0 Å². The van der Waals surface area contributed by atoms with Crippen LogP contribution in [0.3, 0.4) is 0 Å². The van der Waals surface area contributed by atoms with Crippen molar-refractivity contribution in [2.24, 2.45) is 0 Å². The summed E-state index contributed by atoms with van der Waals surface area (Å²) >= 11 is 2.99. The molecule has 1 aromatic heterocycles. The fourth-order valence-corrected chi connectivity index (χ4v) is 3.86. The van der Waals surface area contributed by atoms with Crippen molar-refractivity contribution >= 4 is 39.8 Å². The molecule has 33 heavy (non-hydrogen) atoms. The van der Waals surface area contributed by atoms with Gasteiger partial charge in [0.2, 0.25) is 0 Å². The van der Waals surface area contributed by atoms with E-state index in [0.29, 0.717) is 10.7 Å². The van der Waals surface area contributed by atoms with Crippen LogP contribution in [0, 0.1) is 6.92 Å². The van der Waals surface area contributed by atoms with Crippen molar-refractivity contribution in [1.82, 2.24) is 4.98 Å². The Labute approximate surface area is 206 Å². The number of carbonyl (C=O) groups excluding carboxylic acids is 1. The molecule has 0 aliphatic rings. The fourth-order valence-electron chi connectivity index (χ4n) is 2.60. The van der Waals surface area contributed by atoms with Gasteiger partial charge in [0.1, 0.15) is 5.75 Å². The second-order valence-electron chi connectivity index (χ2n) is 6.23. The van der Waals surface area contributed by atoms with Gasteiger partial charge in [-0.3, -0.25) is 10.1 Å². The standard InChI is InChI=1S/C13H14N2OS.C11H13NOS.C2H6/c1-3-11-9(2)14-13(17-11)15-12(16)10-7-5-4-6-8-10;1-4-14-9(2)12-10-7-5-6-8-11(10)13-3;1-2/h4-8H,3H2,1-2H3,(H,14,15,16);4-8,12H,1-2H2,3H3;1-2H3. The van der Waals surface area contributed by atoms with Gasteiger partial charge >= 0.3 is 0 Å². The van der Waals surface area contributed by atoms with E-state index in [0.717, 1.165) is 28.6 Å². The topological polar surface area (TPSA) is 63.2 Å². The smallest absolute Gasteiger partial charge is 0.257 e. The van der Waals surface area contributed by atoms with Crippen LogP contribution in [0.15, 0.2) is 78.2 Å². The summed E-state index contributed by atoms with van der Waals surface area (Å²) in [5.74, 6) is 0.695. The van der Waals surface area contributed by atoms with E-state index >= 15 is 0 Å². The third kappa shape index (κ3) is 9.55. The van der Waals surface area contributed by atoms with Crippen LogP contribution < -0.4 is 15.4 Å². The summed E-state index contributed by atoms with van der Waals surface area (Å²) in [4.78, 5) is 17.4. The molecule has 2 N–H and O–H groups in total. The fraction of sp³-hybridized carbons (Fsp3) is 0.231. The number of benzene rings is 2. The van der Waals surface area contributed by atoms with Crippen LogP contribution in [0.1, 0.15) is 41.7 Å². The number of aromatic nitrogens is 1. The molecule has 7 heteroatoms. The Morgan fingerprint density at radius 1 is 1.12 bits per heavy atom. The zero-order valence-electron chi connectivity index (χ0n) is 20.0. The molecule has 1 heterocycles. The molecule has 0 bridgehead atoms.